The van der Waals surface area contributed by atoms with Crippen LogP contribution in [-0.4, -0.2) is 11.0 Å². The molecule has 0 rings (SSSR count). The van der Waals surface area contributed by atoms with Crippen LogP contribution in [0.1, 0.15) is 0 Å². The SMILES string of the molecule is O=[N+]([O-])[O-].[N-]=[N+]=NC(N)=[NH2+]. The minimum Gasteiger partial charge on any atom is -0.356 e. The Balaban J connectivity index is 0. The molecule has 10 heavy (non-hydrogen) atoms. The summed E-state index contributed by atoms with van der Waals surface area (Å²) in [6, 6.07) is 0. The van der Waals surface area contributed by atoms with Crippen LogP contribution < -0.4 is 11.1 Å². The maximum atomic E-state index is 8.25. The first kappa shape index (κ1) is 10.9. The van der Waals surface area contributed by atoms with Crippen LogP contribution in [0.3, 0.4) is 0 Å². The monoisotopic (exact) mass is 148 g/mol. The number of hydrogen-bond acceptors (Lipinski definition) is 3. The summed E-state index contributed by atoms with van der Waals surface area (Å²) in [5, 5.41) is 22.2. The molecule has 0 bridgehead atoms. The maximum Gasteiger partial charge on any atom is 0.467 e. The number of nitrogens with zero attached hydrogens (tertiary/aromatic N) is 4. The predicted molar refractivity (Wildman–Crippen MR) is 30.6 cm³/mol. The zero-order valence-corrected chi connectivity index (χ0v) is 4.67. The van der Waals surface area contributed by atoms with Gasteiger partial charge in [0, 0.05) is 5.53 Å². The van der Waals surface area contributed by atoms with Gasteiger partial charge >= 0.3 is 11.1 Å². The lowest BCUT2D eigenvalue weighted by Gasteiger charge is -1.74. The molecule has 0 aromatic rings. The highest BCUT2D eigenvalue weighted by Gasteiger charge is 1.94. The second kappa shape index (κ2) is 6.98. The van der Waals surface area contributed by atoms with Crippen molar-refractivity contribution in [3.8, 4) is 0 Å². The largest absolute Gasteiger partial charge is 0.467 e. The van der Waals surface area contributed by atoms with E-state index in [9.17, 15) is 0 Å². The van der Waals surface area contributed by atoms with Crippen LogP contribution >= 0.6 is 0 Å². The maximum absolute atomic E-state index is 8.25. The molecule has 9 heteroatoms. The summed E-state index contributed by atoms with van der Waals surface area (Å²) in [4.78, 5) is 10.5. The molecule has 0 fully saturated rings. The molecule has 0 spiro atoms. The van der Waals surface area contributed by atoms with Gasteiger partial charge in [-0.3, -0.25) is 11.1 Å². The molecule has 0 heterocycles. The van der Waals surface area contributed by atoms with Gasteiger partial charge in [0.2, 0.25) is 4.91 Å². The van der Waals surface area contributed by atoms with E-state index in [1.165, 1.54) is 0 Å². The van der Waals surface area contributed by atoms with E-state index in [2.05, 4.69) is 21.2 Å². The summed E-state index contributed by atoms with van der Waals surface area (Å²) in [6.45, 7) is 0. The molecule has 0 aliphatic rings. The number of nitrogens with two attached hydrogens (primary N) is 2. The minimum atomic E-state index is -1.75. The molecule has 0 unspecified atom stereocenters. The molecule has 0 saturated carbocycles. The fourth-order valence-electron chi connectivity index (χ4n) is 0.0516. The van der Waals surface area contributed by atoms with Crippen LogP contribution in [0.15, 0.2) is 5.11 Å². The minimum absolute atomic E-state index is 0.252. The van der Waals surface area contributed by atoms with Crippen molar-refractivity contribution in [3.05, 3.63) is 25.8 Å². The normalized spacial score (nSPS) is 6.00. The molecule has 0 saturated heterocycles. The second-order valence-electron chi connectivity index (χ2n) is 0.838. The van der Waals surface area contributed by atoms with Crippen molar-refractivity contribution < 1.29 is 10.5 Å². The summed E-state index contributed by atoms with van der Waals surface area (Å²) in [6.07, 6.45) is 0. The predicted octanol–water partition coefficient (Wildman–Crippen LogP) is -1.87. The topological polar surface area (TPSA) is 167 Å². The van der Waals surface area contributed by atoms with E-state index in [0.29, 0.717) is 0 Å². The lowest BCUT2D eigenvalue weighted by molar-refractivity contribution is -0.402. The Morgan fingerprint density at radius 3 is 2.10 bits per heavy atom. The highest BCUT2D eigenvalue weighted by atomic mass is 16.9. The van der Waals surface area contributed by atoms with Gasteiger partial charge in [0.15, 0.2) is 0 Å². The Morgan fingerprint density at radius 1 is 1.80 bits per heavy atom. The van der Waals surface area contributed by atoms with E-state index in [0.717, 1.165) is 0 Å². The quantitative estimate of drug-likeness (QED) is 0.0780. The molecule has 0 aromatic carbocycles. The molecule has 56 valence electrons. The highest BCUT2D eigenvalue weighted by Crippen LogP contribution is 1.55. The Labute approximate surface area is 54.3 Å². The molecule has 0 radical (unpaired) electrons. The van der Waals surface area contributed by atoms with E-state index in [1.807, 2.05) is 0 Å². The van der Waals surface area contributed by atoms with Crippen LogP contribution in [0.25, 0.3) is 10.4 Å². The molecule has 0 amide bonds. The molecular weight excluding hydrogens is 144 g/mol. The number of guanidine groups is 1. The molecule has 0 aliphatic heterocycles. The van der Waals surface area contributed by atoms with Gasteiger partial charge in [-0.1, -0.05) is 0 Å². The lowest BCUT2D eigenvalue weighted by atomic mass is 11.1. The smallest absolute Gasteiger partial charge is 0.356 e. The third kappa shape index (κ3) is 154. The van der Waals surface area contributed by atoms with Crippen LogP contribution in [0, 0.1) is 15.3 Å². The van der Waals surface area contributed by atoms with Crippen LogP contribution in [0.4, 0.5) is 0 Å². The number of hydrogen-bond donors (Lipinski definition) is 2. The summed E-state index contributed by atoms with van der Waals surface area (Å²) >= 11 is 0. The Bertz CT molecular complexity index is 164. The van der Waals surface area contributed by atoms with Gasteiger partial charge < -0.3 is 15.3 Å². The van der Waals surface area contributed by atoms with Crippen molar-refractivity contribution in [2.24, 2.45) is 10.8 Å². The van der Waals surface area contributed by atoms with Gasteiger partial charge in [-0.05, 0) is 0 Å². The van der Waals surface area contributed by atoms with Crippen LogP contribution in [0.2, 0.25) is 0 Å². The van der Waals surface area contributed by atoms with Gasteiger partial charge in [0.25, 0.3) is 0 Å². The van der Waals surface area contributed by atoms with Crippen molar-refractivity contribution in [1.82, 2.24) is 0 Å². The average Bonchev–Trinajstić information content (AvgIpc) is 1.62. The van der Waals surface area contributed by atoms with Gasteiger partial charge in [-0.25, -0.2) is 0 Å². The Hall–Kier alpha value is -2.02. The molecular formula is CH4N6O3. The van der Waals surface area contributed by atoms with Crippen molar-refractivity contribution in [2.45, 2.75) is 0 Å². The van der Waals surface area contributed by atoms with Gasteiger partial charge in [-0.15, -0.1) is 0 Å². The third-order valence-electron chi connectivity index (χ3n) is 0.160. The van der Waals surface area contributed by atoms with Crippen molar-refractivity contribution in [1.29, 1.82) is 0 Å². The Morgan fingerprint density at radius 2 is 2.10 bits per heavy atom. The molecule has 9 nitrogen and oxygen atoms in total. The first-order chi connectivity index (χ1) is 4.50. The highest BCUT2D eigenvalue weighted by molar-refractivity contribution is 5.71. The first-order valence-electron chi connectivity index (χ1n) is 1.75. The van der Waals surface area contributed by atoms with E-state index in [4.69, 9.17) is 20.9 Å². The summed E-state index contributed by atoms with van der Waals surface area (Å²) in [7, 11) is 0. The molecule has 0 aliphatic carbocycles. The van der Waals surface area contributed by atoms with E-state index in [1.54, 1.807) is 0 Å². The summed E-state index contributed by atoms with van der Waals surface area (Å²) in [5.41, 5.74) is 12.2. The third-order valence-corrected chi connectivity index (χ3v) is 0.160. The van der Waals surface area contributed by atoms with Crippen molar-refractivity contribution in [3.63, 3.8) is 0 Å². The second-order valence-corrected chi connectivity index (χ2v) is 0.838. The van der Waals surface area contributed by atoms with Gasteiger partial charge in [-0.2, -0.15) is 0 Å². The van der Waals surface area contributed by atoms with E-state index in [-0.39, 0.29) is 5.96 Å². The van der Waals surface area contributed by atoms with Gasteiger partial charge in [0.05, 0.1) is 5.09 Å². The number of rotatable bonds is 0. The van der Waals surface area contributed by atoms with Crippen molar-refractivity contribution >= 4 is 5.96 Å². The zero-order chi connectivity index (χ0) is 8.57. The van der Waals surface area contributed by atoms with Crippen molar-refractivity contribution in [2.75, 3.05) is 0 Å². The zero-order valence-electron chi connectivity index (χ0n) is 4.67. The Kier molecular flexibility index (Phi) is 7.59. The molecule has 0 aromatic heterocycles. The lowest BCUT2D eigenvalue weighted by Crippen LogP contribution is -2.43. The standard InChI is InChI=1S/CH3N5.NO3/c2-1(3)5-6-4;2-1(3)4/h(H3,2,3);/q;-1/p+1. The van der Waals surface area contributed by atoms with E-state index >= 15 is 0 Å². The van der Waals surface area contributed by atoms with E-state index < -0.39 is 5.09 Å². The molecule has 0 atom stereocenters. The number of azide groups is 1. The average molecular weight is 148 g/mol. The first-order valence-corrected chi connectivity index (χ1v) is 1.75. The fourth-order valence-corrected chi connectivity index (χ4v) is 0.0516. The summed E-state index contributed by atoms with van der Waals surface area (Å²) < 4.78 is 0. The van der Waals surface area contributed by atoms with Crippen LogP contribution in [0.5, 0.6) is 0 Å². The van der Waals surface area contributed by atoms with Crippen LogP contribution in [-0.2, 0) is 0 Å². The summed E-state index contributed by atoms with van der Waals surface area (Å²) in [5.74, 6) is -0.252. The fraction of sp³-hybridized carbons (Fsp3) is 0. The van der Waals surface area contributed by atoms with Gasteiger partial charge in [0.1, 0.15) is 0 Å². The molecule has 4 N–H and O–H groups in total.